The second-order valence-electron chi connectivity index (χ2n) is 9.24. The second-order valence-corrected chi connectivity index (χ2v) is 9.24. The molecule has 0 saturated heterocycles. The summed E-state index contributed by atoms with van der Waals surface area (Å²) >= 11 is 0. The molecule has 1 aliphatic carbocycles. The van der Waals surface area contributed by atoms with E-state index in [0.717, 1.165) is 49.1 Å². The van der Waals surface area contributed by atoms with Gasteiger partial charge in [0.25, 0.3) is 0 Å². The van der Waals surface area contributed by atoms with Crippen molar-refractivity contribution in [2.75, 3.05) is 12.4 Å². The number of nitrogens with one attached hydrogen (secondary N) is 2. The monoisotopic (exact) mass is 490 g/mol. The van der Waals surface area contributed by atoms with Crippen molar-refractivity contribution in [3.05, 3.63) is 59.8 Å². The van der Waals surface area contributed by atoms with Crippen LogP contribution in [0.1, 0.15) is 63.1 Å². The maximum Gasteiger partial charge on any atom is 0.342 e. The van der Waals surface area contributed by atoms with Crippen LogP contribution in [0.25, 0.3) is 11.3 Å². The van der Waals surface area contributed by atoms with Gasteiger partial charge in [-0.25, -0.2) is 4.79 Å². The summed E-state index contributed by atoms with van der Waals surface area (Å²) in [6.07, 6.45) is 4.64. The zero-order valence-electron chi connectivity index (χ0n) is 21.1. The molecular formula is C28H34N4O4. The van der Waals surface area contributed by atoms with E-state index in [9.17, 15) is 14.7 Å². The topological polar surface area (TPSA) is 105 Å². The van der Waals surface area contributed by atoms with Gasteiger partial charge in [0.15, 0.2) is 0 Å². The molecule has 0 unspecified atom stereocenters. The molecule has 2 aromatic carbocycles. The van der Waals surface area contributed by atoms with Crippen LogP contribution in [0.2, 0.25) is 0 Å². The molecule has 4 rings (SSSR count). The largest absolute Gasteiger partial charge is 0.507 e. The fourth-order valence-electron chi connectivity index (χ4n) is 4.41. The average molecular weight is 491 g/mol. The number of carbonyl (C=O) groups excluding carboxylic acids is 2. The Morgan fingerprint density at radius 1 is 1.11 bits per heavy atom. The van der Waals surface area contributed by atoms with Crippen LogP contribution < -0.4 is 15.4 Å². The first kappa shape index (κ1) is 25.3. The number of methoxy groups -OCH3 is 1. The highest BCUT2D eigenvalue weighted by atomic mass is 16.5. The molecule has 3 N–H and O–H groups in total. The fourth-order valence-corrected chi connectivity index (χ4v) is 4.41. The van der Waals surface area contributed by atoms with Crippen molar-refractivity contribution in [1.82, 2.24) is 15.1 Å². The Balaban J connectivity index is 1.53. The van der Waals surface area contributed by atoms with Crippen LogP contribution in [-0.4, -0.2) is 33.9 Å². The summed E-state index contributed by atoms with van der Waals surface area (Å²) in [5, 5.41) is 21.1. The lowest BCUT2D eigenvalue weighted by atomic mass is 9.82. The number of nitrogens with zero attached hydrogens (tertiary/aromatic N) is 2. The van der Waals surface area contributed by atoms with Crippen LogP contribution in [0.15, 0.2) is 48.5 Å². The third kappa shape index (κ3) is 5.53. The highest BCUT2D eigenvalue weighted by Crippen LogP contribution is 2.39. The lowest BCUT2D eigenvalue weighted by molar-refractivity contribution is -0.120. The molecule has 1 aromatic heterocycles. The normalized spacial score (nSPS) is 13.3. The van der Waals surface area contributed by atoms with E-state index in [4.69, 9.17) is 4.74 Å². The summed E-state index contributed by atoms with van der Waals surface area (Å²) in [4.78, 5) is 25.5. The maximum atomic E-state index is 13.1. The van der Waals surface area contributed by atoms with Crippen molar-refractivity contribution in [2.45, 2.75) is 58.4 Å². The van der Waals surface area contributed by atoms with Gasteiger partial charge >= 0.3 is 6.03 Å². The Morgan fingerprint density at radius 2 is 1.83 bits per heavy atom. The van der Waals surface area contributed by atoms with E-state index in [1.165, 1.54) is 10.7 Å². The van der Waals surface area contributed by atoms with Gasteiger partial charge in [-0.15, -0.1) is 0 Å². The van der Waals surface area contributed by atoms with Crippen LogP contribution in [0.3, 0.4) is 0 Å². The predicted molar refractivity (Wildman–Crippen MR) is 139 cm³/mol. The van der Waals surface area contributed by atoms with Crippen LogP contribution in [0, 0.1) is 5.92 Å². The molecule has 3 aromatic rings. The molecule has 8 nitrogen and oxygen atoms in total. The second kappa shape index (κ2) is 11.3. The average Bonchev–Trinajstić information content (AvgIpc) is 3.27. The number of benzene rings is 2. The zero-order valence-corrected chi connectivity index (χ0v) is 21.1. The number of amides is 2. The summed E-state index contributed by atoms with van der Waals surface area (Å²) < 4.78 is 6.61. The van der Waals surface area contributed by atoms with E-state index in [2.05, 4.69) is 15.7 Å². The first-order valence-electron chi connectivity index (χ1n) is 12.6. The molecule has 0 radical (unpaired) electrons. The fraction of sp³-hybridized carbons (Fsp3) is 0.393. The molecule has 1 saturated carbocycles. The number of rotatable bonds is 9. The quantitative estimate of drug-likeness (QED) is 0.359. The molecule has 0 aliphatic heterocycles. The molecule has 190 valence electrons. The Morgan fingerprint density at radius 3 is 2.42 bits per heavy atom. The van der Waals surface area contributed by atoms with Crippen molar-refractivity contribution in [3.63, 3.8) is 0 Å². The predicted octanol–water partition coefficient (Wildman–Crippen LogP) is 5.66. The molecule has 2 amide bonds. The molecular weight excluding hydrogens is 456 g/mol. The number of carbonyl (C=O) groups is 2. The molecule has 1 heterocycles. The van der Waals surface area contributed by atoms with E-state index >= 15 is 0 Å². The van der Waals surface area contributed by atoms with Crippen LogP contribution in [0.4, 0.5) is 10.5 Å². The lowest BCUT2D eigenvalue weighted by Gasteiger charge is -2.25. The Labute approximate surface area is 211 Å². The van der Waals surface area contributed by atoms with Gasteiger partial charge in [0, 0.05) is 35.7 Å². The maximum absolute atomic E-state index is 13.1. The van der Waals surface area contributed by atoms with Crippen molar-refractivity contribution >= 4 is 17.6 Å². The van der Waals surface area contributed by atoms with Crippen LogP contribution in [-0.2, 0) is 11.3 Å². The number of phenolic OH excluding ortho intramolecular Hbond substituents is 1. The minimum absolute atomic E-state index is 0.000738. The molecule has 0 atom stereocenters. The van der Waals surface area contributed by atoms with E-state index in [-0.39, 0.29) is 29.5 Å². The van der Waals surface area contributed by atoms with Gasteiger partial charge in [-0.05, 0) is 61.6 Å². The SMILES string of the molecule is CCC(CC)C(=O)Nc1ccc(-c2cc(C3CCC3)n(C(=O)NCc3ccc(OC)cc3)n2)c(O)c1. The van der Waals surface area contributed by atoms with Gasteiger partial charge < -0.3 is 20.5 Å². The molecule has 8 heteroatoms. The molecule has 0 bridgehead atoms. The number of phenols is 1. The van der Waals surface area contributed by atoms with Gasteiger partial charge in [-0.1, -0.05) is 32.4 Å². The summed E-state index contributed by atoms with van der Waals surface area (Å²) in [6, 6.07) is 14.1. The van der Waals surface area contributed by atoms with Crippen LogP contribution in [0.5, 0.6) is 11.5 Å². The summed E-state index contributed by atoms with van der Waals surface area (Å²) in [5.74, 6) is 0.899. The van der Waals surface area contributed by atoms with E-state index in [0.29, 0.717) is 23.5 Å². The first-order chi connectivity index (χ1) is 17.4. The summed E-state index contributed by atoms with van der Waals surface area (Å²) in [6.45, 7) is 4.33. The van der Waals surface area contributed by atoms with Crippen molar-refractivity contribution in [2.24, 2.45) is 5.92 Å². The van der Waals surface area contributed by atoms with Gasteiger partial charge in [0.2, 0.25) is 5.91 Å². The van der Waals surface area contributed by atoms with Gasteiger partial charge in [-0.3, -0.25) is 4.79 Å². The molecule has 36 heavy (non-hydrogen) atoms. The number of hydrogen-bond donors (Lipinski definition) is 3. The highest BCUT2D eigenvalue weighted by molar-refractivity contribution is 5.93. The van der Waals surface area contributed by atoms with Gasteiger partial charge in [-0.2, -0.15) is 9.78 Å². The number of aromatic nitrogens is 2. The molecule has 1 aliphatic rings. The van der Waals surface area contributed by atoms with E-state index in [1.54, 1.807) is 19.2 Å². The Bertz CT molecular complexity index is 1210. The van der Waals surface area contributed by atoms with Crippen molar-refractivity contribution < 1.29 is 19.4 Å². The Kier molecular flexibility index (Phi) is 7.93. The molecule has 1 fully saturated rings. The zero-order chi connectivity index (χ0) is 25.7. The number of hydrogen-bond acceptors (Lipinski definition) is 5. The minimum atomic E-state index is -0.312. The number of ether oxygens (including phenoxy) is 1. The lowest BCUT2D eigenvalue weighted by Crippen LogP contribution is -2.31. The van der Waals surface area contributed by atoms with Crippen molar-refractivity contribution in [3.8, 4) is 22.8 Å². The standard InChI is InChI=1S/C28H34N4O4/c1-4-19(5-2)27(34)30-21-11-14-23(26(33)15-21)24-16-25(20-7-6-8-20)32(31-24)28(35)29-17-18-9-12-22(36-3)13-10-18/h9-16,19-20,33H,4-8,17H2,1-3H3,(H,29,35)(H,30,34). The molecule has 0 spiro atoms. The van der Waals surface area contributed by atoms with Crippen molar-refractivity contribution in [1.29, 1.82) is 0 Å². The van der Waals surface area contributed by atoms with E-state index < -0.39 is 0 Å². The van der Waals surface area contributed by atoms with Gasteiger partial charge in [0.1, 0.15) is 11.5 Å². The van der Waals surface area contributed by atoms with Crippen LogP contribution >= 0.6 is 0 Å². The first-order valence-corrected chi connectivity index (χ1v) is 12.6. The third-order valence-corrected chi connectivity index (χ3v) is 6.95. The summed E-state index contributed by atoms with van der Waals surface area (Å²) in [7, 11) is 1.61. The smallest absolute Gasteiger partial charge is 0.342 e. The number of aromatic hydroxyl groups is 1. The third-order valence-electron chi connectivity index (χ3n) is 6.95. The van der Waals surface area contributed by atoms with Gasteiger partial charge in [0.05, 0.1) is 18.5 Å². The summed E-state index contributed by atoms with van der Waals surface area (Å²) in [5.41, 5.74) is 3.35. The van der Waals surface area contributed by atoms with E-state index in [1.807, 2.05) is 44.2 Å². The number of anilines is 1. The highest BCUT2D eigenvalue weighted by Gasteiger charge is 2.27. The Hall–Kier alpha value is -3.81. The minimum Gasteiger partial charge on any atom is -0.507 e.